The number of hydrogen-bond acceptors (Lipinski definition) is 4. The average Bonchev–Trinajstić information content (AvgIpc) is 3.13. The lowest BCUT2D eigenvalue weighted by Crippen LogP contribution is -2.45. The maximum Gasteiger partial charge on any atom is 0.127 e. The van der Waals surface area contributed by atoms with Gasteiger partial charge in [-0.05, 0) is 40.5 Å². The Morgan fingerprint density at radius 2 is 1.53 bits per heavy atom. The summed E-state index contributed by atoms with van der Waals surface area (Å²) in [5, 5.41) is 6.89. The molecule has 1 fully saturated rings. The molecular formula is C25H24BrN3O. The number of methoxy groups -OCH3 is 1. The molecule has 0 spiro atoms. The summed E-state index contributed by atoms with van der Waals surface area (Å²) in [5.41, 5.74) is 6.58. The first kappa shape index (κ1) is 19.3. The van der Waals surface area contributed by atoms with Crippen LogP contribution in [0.1, 0.15) is 22.7 Å². The zero-order chi connectivity index (χ0) is 20.5. The van der Waals surface area contributed by atoms with Crippen LogP contribution in [0.2, 0.25) is 0 Å². The van der Waals surface area contributed by atoms with Gasteiger partial charge in [0.05, 0.1) is 19.4 Å². The van der Waals surface area contributed by atoms with E-state index in [4.69, 9.17) is 9.84 Å². The first-order chi connectivity index (χ1) is 14.7. The molecule has 0 radical (unpaired) electrons. The second-order valence-corrected chi connectivity index (χ2v) is 8.61. The van der Waals surface area contributed by atoms with E-state index in [0.717, 1.165) is 42.0 Å². The number of benzene rings is 3. The summed E-state index contributed by atoms with van der Waals surface area (Å²) in [7, 11) is 1.69. The minimum atomic E-state index is 0.341. The Balaban J connectivity index is 1.32. The first-order valence-corrected chi connectivity index (χ1v) is 11.1. The molecular weight excluding hydrogens is 438 g/mol. The fourth-order valence-electron chi connectivity index (χ4n) is 4.56. The number of halogens is 1. The summed E-state index contributed by atoms with van der Waals surface area (Å²) in [6, 6.07) is 24.0. The first-order valence-electron chi connectivity index (χ1n) is 10.3. The van der Waals surface area contributed by atoms with Crippen molar-refractivity contribution in [1.82, 2.24) is 9.91 Å². The van der Waals surface area contributed by atoms with E-state index in [1.807, 2.05) is 24.4 Å². The van der Waals surface area contributed by atoms with Crippen LogP contribution in [-0.4, -0.2) is 49.4 Å². The molecule has 3 aromatic carbocycles. The molecule has 0 amide bonds. The highest BCUT2D eigenvalue weighted by Crippen LogP contribution is 2.46. The van der Waals surface area contributed by atoms with Crippen LogP contribution in [-0.2, 0) is 0 Å². The summed E-state index contributed by atoms with van der Waals surface area (Å²) in [6.45, 7) is 3.79. The third-order valence-corrected chi connectivity index (χ3v) is 6.50. The summed E-state index contributed by atoms with van der Waals surface area (Å²) in [6.07, 6.45) is 1.90. The van der Waals surface area contributed by atoms with Gasteiger partial charge in [0.15, 0.2) is 0 Å². The molecule has 0 atom stereocenters. The molecule has 0 saturated carbocycles. The van der Waals surface area contributed by atoms with Crippen LogP contribution in [0.5, 0.6) is 5.75 Å². The minimum absolute atomic E-state index is 0.341. The third kappa shape index (κ3) is 3.53. The fourth-order valence-corrected chi connectivity index (χ4v) is 4.94. The standard InChI is InChI=1S/C25H24BrN3O/c1-30-24-11-10-19(26)16-18(24)17-27-29-14-12-28(13-15-29)25-22-8-4-2-6-20(22)21-7-3-5-9-23(21)25/h2-11,16-17,25H,12-15H2,1H3/b27-17+. The van der Waals surface area contributed by atoms with E-state index in [0.29, 0.717) is 6.04 Å². The zero-order valence-electron chi connectivity index (χ0n) is 17.0. The number of ether oxygens (including phenoxy) is 1. The number of fused-ring (bicyclic) bond motifs is 3. The molecule has 1 aliphatic carbocycles. The number of hydrazone groups is 1. The molecule has 1 saturated heterocycles. The fraction of sp³-hybridized carbons (Fsp3) is 0.240. The zero-order valence-corrected chi connectivity index (χ0v) is 18.5. The van der Waals surface area contributed by atoms with E-state index in [9.17, 15) is 0 Å². The molecule has 4 nitrogen and oxygen atoms in total. The van der Waals surface area contributed by atoms with Crippen molar-refractivity contribution in [2.75, 3.05) is 33.3 Å². The SMILES string of the molecule is COc1ccc(Br)cc1/C=N/N1CCN(C2c3ccccc3-c3ccccc32)CC1. The Hall–Kier alpha value is -2.63. The summed E-state index contributed by atoms with van der Waals surface area (Å²) in [5.74, 6) is 0.833. The second-order valence-electron chi connectivity index (χ2n) is 7.70. The Morgan fingerprint density at radius 1 is 0.900 bits per heavy atom. The summed E-state index contributed by atoms with van der Waals surface area (Å²) in [4.78, 5) is 2.59. The van der Waals surface area contributed by atoms with Gasteiger partial charge in [0, 0.05) is 36.2 Å². The van der Waals surface area contributed by atoms with Crippen molar-refractivity contribution in [3.05, 3.63) is 87.9 Å². The number of rotatable bonds is 4. The smallest absolute Gasteiger partial charge is 0.127 e. The molecule has 1 aliphatic heterocycles. The van der Waals surface area contributed by atoms with Crippen LogP contribution >= 0.6 is 15.9 Å². The number of nitrogens with zero attached hydrogens (tertiary/aromatic N) is 3. The van der Waals surface area contributed by atoms with E-state index in [1.165, 1.54) is 22.3 Å². The maximum atomic E-state index is 5.45. The molecule has 0 N–H and O–H groups in total. The summed E-state index contributed by atoms with van der Waals surface area (Å²) >= 11 is 3.53. The number of piperazine rings is 1. The predicted molar refractivity (Wildman–Crippen MR) is 125 cm³/mol. The van der Waals surface area contributed by atoms with Gasteiger partial charge in [-0.2, -0.15) is 5.10 Å². The lowest BCUT2D eigenvalue weighted by molar-refractivity contribution is 0.114. The largest absolute Gasteiger partial charge is 0.496 e. The quantitative estimate of drug-likeness (QED) is 0.501. The van der Waals surface area contributed by atoms with Crippen LogP contribution < -0.4 is 4.74 Å². The van der Waals surface area contributed by atoms with Gasteiger partial charge in [-0.25, -0.2) is 0 Å². The van der Waals surface area contributed by atoms with Gasteiger partial charge in [-0.1, -0.05) is 64.5 Å². The van der Waals surface area contributed by atoms with E-state index >= 15 is 0 Å². The lowest BCUT2D eigenvalue weighted by Gasteiger charge is -2.37. The van der Waals surface area contributed by atoms with Gasteiger partial charge in [0.25, 0.3) is 0 Å². The van der Waals surface area contributed by atoms with Crippen LogP contribution in [0.15, 0.2) is 76.3 Å². The van der Waals surface area contributed by atoms with Gasteiger partial charge in [0.2, 0.25) is 0 Å². The van der Waals surface area contributed by atoms with Gasteiger partial charge < -0.3 is 4.74 Å². The molecule has 152 valence electrons. The highest BCUT2D eigenvalue weighted by atomic mass is 79.9. The normalized spacial score (nSPS) is 16.7. The third-order valence-electron chi connectivity index (χ3n) is 6.01. The van der Waals surface area contributed by atoms with E-state index in [-0.39, 0.29) is 0 Å². The van der Waals surface area contributed by atoms with Gasteiger partial charge >= 0.3 is 0 Å². The van der Waals surface area contributed by atoms with Gasteiger partial charge in [-0.15, -0.1) is 0 Å². The number of hydrogen-bond donors (Lipinski definition) is 0. The highest BCUT2D eigenvalue weighted by Gasteiger charge is 2.33. The van der Waals surface area contributed by atoms with Crippen molar-refractivity contribution in [3.63, 3.8) is 0 Å². The van der Waals surface area contributed by atoms with E-state index < -0.39 is 0 Å². The molecule has 1 heterocycles. The van der Waals surface area contributed by atoms with Crippen molar-refractivity contribution in [1.29, 1.82) is 0 Å². The van der Waals surface area contributed by atoms with Crippen molar-refractivity contribution in [2.24, 2.45) is 5.10 Å². The van der Waals surface area contributed by atoms with Crippen molar-refractivity contribution >= 4 is 22.1 Å². The maximum absolute atomic E-state index is 5.45. The minimum Gasteiger partial charge on any atom is -0.496 e. The molecule has 5 heteroatoms. The van der Waals surface area contributed by atoms with Crippen molar-refractivity contribution in [2.45, 2.75) is 6.04 Å². The topological polar surface area (TPSA) is 28.1 Å². The highest BCUT2D eigenvalue weighted by molar-refractivity contribution is 9.10. The van der Waals surface area contributed by atoms with Crippen LogP contribution in [0, 0.1) is 0 Å². The van der Waals surface area contributed by atoms with Crippen LogP contribution in [0.25, 0.3) is 11.1 Å². The Labute approximate surface area is 185 Å². The molecule has 2 aliphatic rings. The molecule has 5 rings (SSSR count). The summed E-state index contributed by atoms with van der Waals surface area (Å²) < 4.78 is 6.47. The van der Waals surface area contributed by atoms with Crippen LogP contribution in [0.3, 0.4) is 0 Å². The van der Waals surface area contributed by atoms with Gasteiger partial charge in [0.1, 0.15) is 5.75 Å². The Bertz CT molecular complexity index is 1040. The monoisotopic (exact) mass is 461 g/mol. The molecule has 0 aromatic heterocycles. The second kappa shape index (κ2) is 8.25. The van der Waals surface area contributed by atoms with E-state index in [2.05, 4.69) is 74.4 Å². The van der Waals surface area contributed by atoms with Crippen molar-refractivity contribution in [3.8, 4) is 16.9 Å². The van der Waals surface area contributed by atoms with Crippen molar-refractivity contribution < 1.29 is 4.74 Å². The van der Waals surface area contributed by atoms with Crippen LogP contribution in [0.4, 0.5) is 0 Å². The van der Waals surface area contributed by atoms with E-state index in [1.54, 1.807) is 7.11 Å². The molecule has 0 unspecified atom stereocenters. The average molecular weight is 462 g/mol. The molecule has 3 aromatic rings. The molecule has 30 heavy (non-hydrogen) atoms. The predicted octanol–water partition coefficient (Wildman–Crippen LogP) is 5.18. The van der Waals surface area contributed by atoms with Gasteiger partial charge in [-0.3, -0.25) is 9.91 Å². The lowest BCUT2D eigenvalue weighted by atomic mass is 10.0. The Morgan fingerprint density at radius 3 is 2.17 bits per heavy atom. The molecule has 0 bridgehead atoms. The Kier molecular flexibility index (Phi) is 5.32.